The molecule has 1 amide bonds. The minimum absolute atomic E-state index is 0.0726. The quantitative estimate of drug-likeness (QED) is 0.913. The summed E-state index contributed by atoms with van der Waals surface area (Å²) in [6.45, 7) is 0. The molecule has 21 heavy (non-hydrogen) atoms. The van der Waals surface area contributed by atoms with Crippen molar-refractivity contribution < 1.29 is 19.1 Å². The lowest BCUT2D eigenvalue weighted by atomic mass is 10.0. The average Bonchev–Trinajstić information content (AvgIpc) is 2.91. The number of carboxylic acids is 1. The number of furan rings is 1. The topological polar surface area (TPSA) is 82.4 Å². The maximum Gasteiger partial charge on any atom is 0.287 e. The van der Waals surface area contributed by atoms with Gasteiger partial charge in [0.25, 0.3) is 5.91 Å². The normalized spacial score (nSPS) is 11.9. The van der Waals surface area contributed by atoms with E-state index < -0.39 is 24.3 Å². The van der Waals surface area contributed by atoms with E-state index in [9.17, 15) is 14.7 Å². The zero-order valence-corrected chi connectivity index (χ0v) is 12.1. The van der Waals surface area contributed by atoms with Crippen molar-refractivity contribution in [2.45, 2.75) is 12.5 Å². The van der Waals surface area contributed by atoms with Crippen LogP contribution in [0.25, 0.3) is 0 Å². The number of carboxylic acid groups (broad SMARTS) is 1. The van der Waals surface area contributed by atoms with Crippen molar-refractivity contribution in [1.82, 2.24) is 5.32 Å². The van der Waals surface area contributed by atoms with Crippen molar-refractivity contribution in [2.24, 2.45) is 0 Å². The fraction of sp³-hybridized carbons (Fsp3) is 0.143. The van der Waals surface area contributed by atoms with Crippen LogP contribution in [0.15, 0.2) is 41.0 Å². The molecule has 7 heteroatoms. The van der Waals surface area contributed by atoms with Crippen LogP contribution in [-0.4, -0.2) is 11.9 Å². The van der Waals surface area contributed by atoms with Gasteiger partial charge in [-0.25, -0.2) is 0 Å². The Kier molecular flexibility index (Phi) is 4.88. The van der Waals surface area contributed by atoms with Gasteiger partial charge < -0.3 is 19.6 Å². The Hall–Kier alpha value is -1.98. The molecule has 0 unspecified atom stereocenters. The van der Waals surface area contributed by atoms with Crippen LogP contribution >= 0.6 is 23.2 Å². The standard InChI is InChI=1S/C14H11Cl2NO4/c15-8-3-4-9(10(16)6-8)11(7-13(18)19)17-14(20)12-2-1-5-21-12/h1-6,11H,7H2,(H,17,20)(H,18,19)/p-1/t11-/m1/s1. The molecule has 1 N–H and O–H groups in total. The Morgan fingerprint density at radius 2 is 2.05 bits per heavy atom. The lowest BCUT2D eigenvalue weighted by molar-refractivity contribution is -0.306. The molecule has 0 fully saturated rings. The number of aliphatic carboxylic acids is 1. The largest absolute Gasteiger partial charge is 0.550 e. The lowest BCUT2D eigenvalue weighted by Gasteiger charge is -2.20. The highest BCUT2D eigenvalue weighted by Crippen LogP contribution is 2.28. The number of rotatable bonds is 5. The smallest absolute Gasteiger partial charge is 0.287 e. The summed E-state index contributed by atoms with van der Waals surface area (Å²) >= 11 is 11.8. The molecule has 2 rings (SSSR count). The first kappa shape index (κ1) is 15.4. The molecule has 0 radical (unpaired) electrons. The van der Waals surface area contributed by atoms with E-state index in [0.29, 0.717) is 10.6 Å². The first-order valence-electron chi connectivity index (χ1n) is 5.96. The van der Waals surface area contributed by atoms with Gasteiger partial charge >= 0.3 is 0 Å². The van der Waals surface area contributed by atoms with Crippen LogP contribution in [0.5, 0.6) is 0 Å². The van der Waals surface area contributed by atoms with Crippen LogP contribution in [0.4, 0.5) is 0 Å². The van der Waals surface area contributed by atoms with E-state index in [1.54, 1.807) is 18.2 Å². The molecular formula is C14H10Cl2NO4-. The fourth-order valence-corrected chi connectivity index (χ4v) is 2.37. The van der Waals surface area contributed by atoms with Gasteiger partial charge in [-0.2, -0.15) is 0 Å². The Labute approximate surface area is 130 Å². The van der Waals surface area contributed by atoms with Gasteiger partial charge in [0, 0.05) is 22.4 Å². The van der Waals surface area contributed by atoms with E-state index in [2.05, 4.69) is 5.32 Å². The third-order valence-electron chi connectivity index (χ3n) is 2.76. The first-order chi connectivity index (χ1) is 9.97. The molecule has 0 spiro atoms. The molecule has 1 heterocycles. The molecule has 0 aliphatic carbocycles. The molecule has 0 saturated carbocycles. The van der Waals surface area contributed by atoms with E-state index in [0.717, 1.165) is 0 Å². The molecular weight excluding hydrogens is 317 g/mol. The van der Waals surface area contributed by atoms with E-state index in [1.807, 2.05) is 0 Å². The van der Waals surface area contributed by atoms with Crippen LogP contribution < -0.4 is 10.4 Å². The number of benzene rings is 1. The summed E-state index contributed by atoms with van der Waals surface area (Å²) in [5.41, 5.74) is 0.435. The second-order valence-electron chi connectivity index (χ2n) is 4.25. The zero-order valence-electron chi connectivity index (χ0n) is 10.6. The van der Waals surface area contributed by atoms with Crippen LogP contribution in [0, 0.1) is 0 Å². The van der Waals surface area contributed by atoms with Gasteiger partial charge in [-0.1, -0.05) is 29.3 Å². The zero-order chi connectivity index (χ0) is 15.4. The number of halogens is 2. The predicted octanol–water partition coefficient (Wildman–Crippen LogP) is 2.20. The van der Waals surface area contributed by atoms with Crippen molar-refractivity contribution in [2.75, 3.05) is 0 Å². The summed E-state index contributed by atoms with van der Waals surface area (Å²) in [5.74, 6) is -1.79. The molecule has 1 atom stereocenters. The lowest BCUT2D eigenvalue weighted by Crippen LogP contribution is -2.34. The SMILES string of the molecule is O=C([O-])C[C@@H](NC(=O)c1ccco1)c1ccc(Cl)cc1Cl. The molecule has 110 valence electrons. The van der Waals surface area contributed by atoms with Crippen LogP contribution in [0.1, 0.15) is 28.6 Å². The van der Waals surface area contributed by atoms with Crippen molar-refractivity contribution in [3.8, 4) is 0 Å². The number of carbonyl (C=O) groups is 2. The molecule has 1 aromatic carbocycles. The van der Waals surface area contributed by atoms with Crippen molar-refractivity contribution in [3.63, 3.8) is 0 Å². The van der Waals surface area contributed by atoms with Crippen LogP contribution in [0.3, 0.4) is 0 Å². The molecule has 2 aromatic rings. The summed E-state index contributed by atoms with van der Waals surface area (Å²) < 4.78 is 4.96. The van der Waals surface area contributed by atoms with Gasteiger partial charge in [-0.15, -0.1) is 0 Å². The highest BCUT2D eigenvalue weighted by molar-refractivity contribution is 6.35. The van der Waals surface area contributed by atoms with Crippen molar-refractivity contribution >= 4 is 35.1 Å². The minimum atomic E-state index is -1.31. The Bertz CT molecular complexity index is 655. The molecule has 0 aliphatic heterocycles. The average molecular weight is 327 g/mol. The number of nitrogens with one attached hydrogen (secondary N) is 1. The Morgan fingerprint density at radius 3 is 2.62 bits per heavy atom. The third kappa shape index (κ3) is 4.00. The number of hydrogen-bond donors (Lipinski definition) is 1. The third-order valence-corrected chi connectivity index (χ3v) is 3.32. The Morgan fingerprint density at radius 1 is 1.29 bits per heavy atom. The van der Waals surface area contributed by atoms with Crippen LogP contribution in [0.2, 0.25) is 10.0 Å². The molecule has 1 aromatic heterocycles. The van der Waals surface area contributed by atoms with E-state index in [4.69, 9.17) is 27.6 Å². The van der Waals surface area contributed by atoms with Gasteiger partial charge in [0.2, 0.25) is 0 Å². The second-order valence-corrected chi connectivity index (χ2v) is 5.09. The molecule has 5 nitrogen and oxygen atoms in total. The summed E-state index contributed by atoms with van der Waals surface area (Å²) in [6, 6.07) is 6.76. The summed E-state index contributed by atoms with van der Waals surface area (Å²) in [5, 5.41) is 14.1. The van der Waals surface area contributed by atoms with E-state index in [-0.39, 0.29) is 10.8 Å². The van der Waals surface area contributed by atoms with Gasteiger partial charge in [-0.05, 0) is 29.8 Å². The fourth-order valence-electron chi connectivity index (χ4n) is 1.83. The highest BCUT2D eigenvalue weighted by Gasteiger charge is 2.20. The molecule has 0 aliphatic rings. The second kappa shape index (κ2) is 6.65. The monoisotopic (exact) mass is 326 g/mol. The van der Waals surface area contributed by atoms with Crippen molar-refractivity contribution in [3.05, 3.63) is 58.0 Å². The number of amides is 1. The summed E-state index contributed by atoms with van der Waals surface area (Å²) in [6.07, 6.45) is 0.922. The number of hydrogen-bond acceptors (Lipinski definition) is 4. The number of carbonyl (C=O) groups excluding carboxylic acids is 2. The maximum atomic E-state index is 12.0. The van der Waals surface area contributed by atoms with E-state index >= 15 is 0 Å². The molecule has 0 bridgehead atoms. The first-order valence-corrected chi connectivity index (χ1v) is 6.72. The summed E-state index contributed by atoms with van der Waals surface area (Å²) in [4.78, 5) is 22.8. The van der Waals surface area contributed by atoms with Gasteiger partial charge in [-0.3, -0.25) is 4.79 Å². The predicted molar refractivity (Wildman–Crippen MR) is 75.0 cm³/mol. The Balaban J connectivity index is 2.25. The summed E-state index contributed by atoms with van der Waals surface area (Å²) in [7, 11) is 0. The van der Waals surface area contributed by atoms with E-state index in [1.165, 1.54) is 18.4 Å². The van der Waals surface area contributed by atoms with Crippen LogP contribution in [-0.2, 0) is 4.79 Å². The van der Waals surface area contributed by atoms with Gasteiger partial charge in [0.15, 0.2) is 5.76 Å². The molecule has 0 saturated heterocycles. The van der Waals surface area contributed by atoms with Gasteiger partial charge in [0.1, 0.15) is 0 Å². The van der Waals surface area contributed by atoms with Gasteiger partial charge in [0.05, 0.1) is 12.3 Å². The maximum absolute atomic E-state index is 12.0. The van der Waals surface area contributed by atoms with Crippen molar-refractivity contribution in [1.29, 1.82) is 0 Å². The highest BCUT2D eigenvalue weighted by atomic mass is 35.5. The minimum Gasteiger partial charge on any atom is -0.550 e.